The van der Waals surface area contributed by atoms with Crippen LogP contribution >= 0.6 is 0 Å². The van der Waals surface area contributed by atoms with E-state index in [0.29, 0.717) is 12.5 Å². The van der Waals surface area contributed by atoms with Gasteiger partial charge in [-0.3, -0.25) is 4.79 Å². The van der Waals surface area contributed by atoms with Gasteiger partial charge in [0.05, 0.1) is 0 Å². The summed E-state index contributed by atoms with van der Waals surface area (Å²) in [6, 6.07) is 6.11. The lowest BCUT2D eigenvalue weighted by Gasteiger charge is -2.20. The van der Waals surface area contributed by atoms with Crippen LogP contribution in [0.4, 0.5) is 0 Å². The van der Waals surface area contributed by atoms with Crippen molar-refractivity contribution in [1.82, 2.24) is 5.32 Å². The number of amides is 1. The van der Waals surface area contributed by atoms with Crippen molar-refractivity contribution in [3.05, 3.63) is 34.9 Å². The first kappa shape index (κ1) is 13.1. The molecule has 0 saturated heterocycles. The molecule has 98 valence electrons. The Kier molecular flexibility index (Phi) is 4.02. The van der Waals surface area contributed by atoms with Crippen LogP contribution in [0.15, 0.2) is 18.2 Å². The normalized spacial score (nSPS) is 23.1. The highest BCUT2D eigenvalue weighted by atomic mass is 16.1. The molecule has 1 amide bonds. The van der Waals surface area contributed by atoms with Gasteiger partial charge < -0.3 is 11.1 Å². The Morgan fingerprint density at radius 3 is 2.89 bits per heavy atom. The van der Waals surface area contributed by atoms with E-state index >= 15 is 0 Å². The van der Waals surface area contributed by atoms with E-state index in [1.54, 1.807) is 0 Å². The second-order valence-electron chi connectivity index (χ2n) is 5.25. The SMILES string of the molecule is Cc1cccc(C(=O)NC2CCCC2CN)c1C. The minimum atomic E-state index is 0.0431. The molecule has 0 heterocycles. The molecule has 1 fully saturated rings. The van der Waals surface area contributed by atoms with Crippen LogP contribution in [0.25, 0.3) is 0 Å². The summed E-state index contributed by atoms with van der Waals surface area (Å²) in [5, 5.41) is 3.15. The lowest BCUT2D eigenvalue weighted by molar-refractivity contribution is 0.0928. The molecule has 3 nitrogen and oxygen atoms in total. The van der Waals surface area contributed by atoms with E-state index < -0.39 is 0 Å². The lowest BCUT2D eigenvalue weighted by Crippen LogP contribution is -2.40. The average molecular weight is 246 g/mol. The molecule has 1 aromatic carbocycles. The monoisotopic (exact) mass is 246 g/mol. The molecule has 3 N–H and O–H groups in total. The molecular formula is C15H22N2O. The summed E-state index contributed by atoms with van der Waals surface area (Å²) in [5.74, 6) is 0.487. The summed E-state index contributed by atoms with van der Waals surface area (Å²) in [4.78, 5) is 12.3. The minimum Gasteiger partial charge on any atom is -0.349 e. The molecule has 1 aromatic rings. The highest BCUT2D eigenvalue weighted by molar-refractivity contribution is 5.96. The maximum Gasteiger partial charge on any atom is 0.251 e. The number of hydrogen-bond acceptors (Lipinski definition) is 2. The summed E-state index contributed by atoms with van der Waals surface area (Å²) in [5.41, 5.74) is 8.75. The Labute approximate surface area is 109 Å². The number of carbonyl (C=O) groups excluding carboxylic acids is 1. The molecule has 2 atom stereocenters. The van der Waals surface area contributed by atoms with Crippen molar-refractivity contribution in [2.45, 2.75) is 39.2 Å². The molecule has 1 aliphatic rings. The quantitative estimate of drug-likeness (QED) is 0.858. The Balaban J connectivity index is 2.10. The van der Waals surface area contributed by atoms with E-state index in [4.69, 9.17) is 5.73 Å². The van der Waals surface area contributed by atoms with Crippen LogP contribution in [-0.4, -0.2) is 18.5 Å². The molecule has 1 aliphatic carbocycles. The number of benzene rings is 1. The fourth-order valence-electron chi connectivity index (χ4n) is 2.75. The molecule has 3 heteroatoms. The number of hydrogen-bond donors (Lipinski definition) is 2. The number of nitrogens with one attached hydrogen (secondary N) is 1. The molecule has 2 rings (SSSR count). The number of carbonyl (C=O) groups is 1. The first-order valence-corrected chi connectivity index (χ1v) is 6.70. The Morgan fingerprint density at radius 2 is 2.17 bits per heavy atom. The van der Waals surface area contributed by atoms with Crippen molar-refractivity contribution in [2.24, 2.45) is 11.7 Å². The van der Waals surface area contributed by atoms with Crippen LogP contribution in [0.1, 0.15) is 40.7 Å². The van der Waals surface area contributed by atoms with E-state index in [-0.39, 0.29) is 11.9 Å². The summed E-state index contributed by atoms with van der Waals surface area (Å²) in [6.07, 6.45) is 3.35. The largest absolute Gasteiger partial charge is 0.349 e. The van der Waals surface area contributed by atoms with Gasteiger partial charge in [-0.25, -0.2) is 0 Å². The molecule has 0 bridgehead atoms. The molecule has 2 unspecified atom stereocenters. The third-order valence-corrected chi connectivity index (χ3v) is 4.13. The van der Waals surface area contributed by atoms with Gasteiger partial charge in [-0.2, -0.15) is 0 Å². The van der Waals surface area contributed by atoms with Crippen LogP contribution < -0.4 is 11.1 Å². The van der Waals surface area contributed by atoms with Gasteiger partial charge in [0.1, 0.15) is 0 Å². The molecule has 0 spiro atoms. The van der Waals surface area contributed by atoms with Gasteiger partial charge in [-0.1, -0.05) is 18.6 Å². The van der Waals surface area contributed by atoms with Crippen molar-refractivity contribution >= 4 is 5.91 Å². The van der Waals surface area contributed by atoms with Crippen molar-refractivity contribution in [3.8, 4) is 0 Å². The van der Waals surface area contributed by atoms with Crippen LogP contribution in [0.2, 0.25) is 0 Å². The molecule has 0 aromatic heterocycles. The maximum atomic E-state index is 12.3. The van der Waals surface area contributed by atoms with Gasteiger partial charge in [0.2, 0.25) is 0 Å². The number of aryl methyl sites for hydroxylation is 1. The predicted octanol–water partition coefficient (Wildman–Crippen LogP) is 2.16. The summed E-state index contributed by atoms with van der Waals surface area (Å²) < 4.78 is 0. The van der Waals surface area contributed by atoms with Crippen LogP contribution in [0, 0.1) is 19.8 Å². The summed E-state index contributed by atoms with van der Waals surface area (Å²) >= 11 is 0. The fraction of sp³-hybridized carbons (Fsp3) is 0.533. The molecule has 0 radical (unpaired) electrons. The van der Waals surface area contributed by atoms with Gasteiger partial charge in [-0.15, -0.1) is 0 Å². The van der Waals surface area contributed by atoms with Gasteiger partial charge in [0.15, 0.2) is 0 Å². The maximum absolute atomic E-state index is 12.3. The van der Waals surface area contributed by atoms with Crippen LogP contribution in [0.3, 0.4) is 0 Å². The van der Waals surface area contributed by atoms with Crippen molar-refractivity contribution in [2.75, 3.05) is 6.54 Å². The fourth-order valence-corrected chi connectivity index (χ4v) is 2.75. The number of rotatable bonds is 3. The molecule has 1 saturated carbocycles. The van der Waals surface area contributed by atoms with E-state index in [0.717, 1.165) is 29.5 Å². The van der Waals surface area contributed by atoms with Gasteiger partial charge in [-0.05, 0) is 56.3 Å². The summed E-state index contributed by atoms with van der Waals surface area (Å²) in [7, 11) is 0. The van der Waals surface area contributed by atoms with Crippen molar-refractivity contribution in [3.63, 3.8) is 0 Å². The van der Waals surface area contributed by atoms with E-state index in [2.05, 4.69) is 5.32 Å². The van der Waals surface area contributed by atoms with Crippen molar-refractivity contribution < 1.29 is 4.79 Å². The van der Waals surface area contributed by atoms with E-state index in [9.17, 15) is 4.79 Å². The van der Waals surface area contributed by atoms with Crippen LogP contribution in [-0.2, 0) is 0 Å². The zero-order valence-electron chi connectivity index (χ0n) is 11.2. The molecule has 18 heavy (non-hydrogen) atoms. The highest BCUT2D eigenvalue weighted by Gasteiger charge is 2.27. The van der Waals surface area contributed by atoms with Gasteiger partial charge in [0, 0.05) is 11.6 Å². The van der Waals surface area contributed by atoms with E-state index in [1.807, 2.05) is 32.0 Å². The lowest BCUT2D eigenvalue weighted by atomic mass is 10.0. The molecular weight excluding hydrogens is 224 g/mol. The standard InChI is InChI=1S/C15H22N2O/c1-10-5-3-7-13(11(10)2)15(18)17-14-8-4-6-12(14)9-16/h3,5,7,12,14H,4,6,8-9,16H2,1-2H3,(H,17,18). The Hall–Kier alpha value is -1.35. The first-order valence-electron chi connectivity index (χ1n) is 6.70. The van der Waals surface area contributed by atoms with Crippen LogP contribution in [0.5, 0.6) is 0 Å². The zero-order valence-corrected chi connectivity index (χ0v) is 11.2. The van der Waals surface area contributed by atoms with E-state index in [1.165, 1.54) is 6.42 Å². The smallest absolute Gasteiger partial charge is 0.251 e. The highest BCUT2D eigenvalue weighted by Crippen LogP contribution is 2.25. The average Bonchev–Trinajstić information content (AvgIpc) is 2.79. The second-order valence-corrected chi connectivity index (χ2v) is 5.25. The second kappa shape index (κ2) is 5.53. The Bertz CT molecular complexity index is 442. The van der Waals surface area contributed by atoms with Gasteiger partial charge >= 0.3 is 0 Å². The minimum absolute atomic E-state index is 0.0431. The first-order chi connectivity index (χ1) is 8.63. The predicted molar refractivity (Wildman–Crippen MR) is 73.6 cm³/mol. The zero-order chi connectivity index (χ0) is 13.1. The Morgan fingerprint density at radius 1 is 1.39 bits per heavy atom. The van der Waals surface area contributed by atoms with Gasteiger partial charge in [0.25, 0.3) is 5.91 Å². The summed E-state index contributed by atoms with van der Waals surface area (Å²) in [6.45, 7) is 4.70. The third-order valence-electron chi connectivity index (χ3n) is 4.13. The van der Waals surface area contributed by atoms with Crippen molar-refractivity contribution in [1.29, 1.82) is 0 Å². The topological polar surface area (TPSA) is 55.1 Å². The number of nitrogens with two attached hydrogens (primary N) is 1. The molecule has 0 aliphatic heterocycles. The third kappa shape index (κ3) is 2.56.